The van der Waals surface area contributed by atoms with E-state index in [1.165, 1.54) is 22.5 Å². The molecule has 1 heterocycles. The molecule has 1 aromatic rings. The molecule has 1 saturated heterocycles. The Kier molecular flexibility index (Phi) is 5.71. The number of hydrogen-bond donors (Lipinski definition) is 1. The summed E-state index contributed by atoms with van der Waals surface area (Å²) in [4.78, 5) is 2.06. The number of nitrogens with zero attached hydrogens (tertiary/aromatic N) is 2. The van der Waals surface area contributed by atoms with Gasteiger partial charge in [-0.05, 0) is 58.0 Å². The van der Waals surface area contributed by atoms with Crippen molar-refractivity contribution in [2.45, 2.75) is 48.6 Å². The lowest BCUT2D eigenvalue weighted by Gasteiger charge is -2.38. The number of piperidine rings is 1. The molecule has 9 heteroatoms. The van der Waals surface area contributed by atoms with E-state index in [0.717, 1.165) is 32.0 Å². The van der Waals surface area contributed by atoms with E-state index in [4.69, 9.17) is 5.14 Å². The molecule has 2 N–H and O–H groups in total. The summed E-state index contributed by atoms with van der Waals surface area (Å²) in [5, 5.41) is 5.09. The van der Waals surface area contributed by atoms with Gasteiger partial charge in [-0.15, -0.1) is 0 Å². The highest BCUT2D eigenvalue weighted by molar-refractivity contribution is 7.90. The molecule has 0 bridgehead atoms. The molecule has 0 radical (unpaired) electrons. The summed E-state index contributed by atoms with van der Waals surface area (Å²) in [7, 11) is -6.16. The Morgan fingerprint density at radius 2 is 1.67 bits per heavy atom. The second-order valence-corrected chi connectivity index (χ2v) is 9.96. The van der Waals surface area contributed by atoms with Gasteiger partial charge in [0.1, 0.15) is 0 Å². The normalized spacial score (nSPS) is 18.4. The predicted octanol–water partition coefficient (Wildman–Crippen LogP) is 0.827. The second-order valence-electron chi connectivity index (χ2n) is 6.40. The molecule has 0 aliphatic carbocycles. The largest absolute Gasteiger partial charge is 0.301 e. The number of hydrogen-bond acceptors (Lipinski definition) is 5. The summed E-state index contributed by atoms with van der Waals surface area (Å²) in [6, 6.07) is 5.54. The molecule has 0 amide bonds. The zero-order valence-corrected chi connectivity index (χ0v) is 15.8. The fourth-order valence-electron chi connectivity index (χ4n) is 2.94. The van der Waals surface area contributed by atoms with Gasteiger partial charge >= 0.3 is 0 Å². The van der Waals surface area contributed by atoms with Gasteiger partial charge in [-0.3, -0.25) is 0 Å². The lowest BCUT2D eigenvalue weighted by Crippen LogP contribution is -2.47. The first-order chi connectivity index (χ1) is 11.0. The van der Waals surface area contributed by atoms with Crippen molar-refractivity contribution in [1.29, 1.82) is 0 Å². The van der Waals surface area contributed by atoms with Crippen LogP contribution in [0.3, 0.4) is 0 Å². The minimum Gasteiger partial charge on any atom is -0.301 e. The third kappa shape index (κ3) is 4.15. The highest BCUT2D eigenvalue weighted by atomic mass is 32.2. The van der Waals surface area contributed by atoms with Crippen molar-refractivity contribution in [3.63, 3.8) is 0 Å². The fourth-order valence-corrected chi connectivity index (χ4v) is 5.04. The third-order valence-electron chi connectivity index (χ3n) is 4.55. The SMILES string of the molecule is CC(C)N1CCC(N(C)S(=O)(=O)c2cccc(S(N)(=O)=O)c2)CC1. The zero-order valence-electron chi connectivity index (χ0n) is 14.2. The average molecular weight is 376 g/mol. The molecule has 24 heavy (non-hydrogen) atoms. The maximum absolute atomic E-state index is 12.8. The lowest BCUT2D eigenvalue weighted by molar-refractivity contribution is 0.140. The number of likely N-dealkylation sites (tertiary alicyclic amines) is 1. The van der Waals surface area contributed by atoms with Gasteiger partial charge in [0, 0.05) is 19.1 Å². The van der Waals surface area contributed by atoms with Crippen LogP contribution in [0.4, 0.5) is 0 Å². The van der Waals surface area contributed by atoms with Crippen LogP contribution in [0.2, 0.25) is 0 Å². The Morgan fingerprint density at radius 1 is 1.12 bits per heavy atom. The molecule has 1 fully saturated rings. The van der Waals surface area contributed by atoms with Gasteiger partial charge in [0.15, 0.2) is 0 Å². The molecule has 0 unspecified atom stereocenters. The van der Waals surface area contributed by atoms with Crippen LogP contribution < -0.4 is 5.14 Å². The standard InChI is InChI=1S/C15H25N3O4S2/c1-12(2)18-9-7-13(8-10-18)17(3)24(21,22)15-6-4-5-14(11-15)23(16,19)20/h4-6,11-13H,7-10H2,1-3H3,(H2,16,19,20). The van der Waals surface area contributed by atoms with Gasteiger partial charge < -0.3 is 4.90 Å². The number of nitrogens with two attached hydrogens (primary N) is 1. The van der Waals surface area contributed by atoms with Crippen LogP contribution in [0, 0.1) is 0 Å². The molecule has 1 aliphatic heterocycles. The zero-order chi connectivity index (χ0) is 18.1. The van der Waals surface area contributed by atoms with Crippen LogP contribution in [0.1, 0.15) is 26.7 Å². The first kappa shape index (κ1) is 19.3. The van der Waals surface area contributed by atoms with E-state index in [1.54, 1.807) is 7.05 Å². The first-order valence-corrected chi connectivity index (χ1v) is 10.9. The van der Waals surface area contributed by atoms with E-state index in [0.29, 0.717) is 6.04 Å². The van der Waals surface area contributed by atoms with Gasteiger partial charge in [0.05, 0.1) is 9.79 Å². The minimum atomic E-state index is -3.94. The summed E-state index contributed by atoms with van der Waals surface area (Å²) >= 11 is 0. The van der Waals surface area contributed by atoms with Crippen LogP contribution in [0.25, 0.3) is 0 Å². The Labute approximate surface area is 144 Å². The quantitative estimate of drug-likeness (QED) is 0.821. The summed E-state index contributed by atoms with van der Waals surface area (Å²) in [5.41, 5.74) is 0. The molecular formula is C15H25N3O4S2. The fraction of sp³-hybridized carbons (Fsp3) is 0.600. The van der Waals surface area contributed by atoms with Crippen LogP contribution in [-0.4, -0.2) is 58.3 Å². The summed E-state index contributed by atoms with van der Waals surface area (Å²) in [5.74, 6) is 0. The molecule has 0 atom stereocenters. The van der Waals surface area contributed by atoms with E-state index >= 15 is 0 Å². The highest BCUT2D eigenvalue weighted by Crippen LogP contribution is 2.24. The minimum absolute atomic E-state index is 0.0529. The molecule has 1 aliphatic rings. The van der Waals surface area contributed by atoms with Crippen LogP contribution in [0.5, 0.6) is 0 Å². The van der Waals surface area contributed by atoms with Crippen molar-refractivity contribution < 1.29 is 16.8 Å². The van der Waals surface area contributed by atoms with Crippen LogP contribution in [-0.2, 0) is 20.0 Å². The Bertz CT molecular complexity index is 783. The molecular weight excluding hydrogens is 350 g/mol. The van der Waals surface area contributed by atoms with Crippen molar-refractivity contribution in [2.75, 3.05) is 20.1 Å². The van der Waals surface area contributed by atoms with Gasteiger partial charge in [0.25, 0.3) is 0 Å². The molecule has 0 spiro atoms. The molecule has 2 rings (SSSR count). The molecule has 136 valence electrons. The van der Waals surface area contributed by atoms with Crippen molar-refractivity contribution >= 4 is 20.0 Å². The van der Waals surface area contributed by atoms with Crippen molar-refractivity contribution in [3.8, 4) is 0 Å². The smallest absolute Gasteiger partial charge is 0.243 e. The molecule has 0 saturated carbocycles. The van der Waals surface area contributed by atoms with Crippen molar-refractivity contribution in [3.05, 3.63) is 24.3 Å². The number of sulfonamides is 2. The van der Waals surface area contributed by atoms with Crippen molar-refractivity contribution in [1.82, 2.24) is 9.21 Å². The number of primary sulfonamides is 1. The molecule has 0 aromatic heterocycles. The van der Waals surface area contributed by atoms with E-state index in [-0.39, 0.29) is 15.8 Å². The predicted molar refractivity (Wildman–Crippen MR) is 92.5 cm³/mol. The highest BCUT2D eigenvalue weighted by Gasteiger charge is 2.31. The van der Waals surface area contributed by atoms with Gasteiger partial charge in [-0.2, -0.15) is 4.31 Å². The molecule has 1 aromatic carbocycles. The van der Waals surface area contributed by atoms with Gasteiger partial charge in [-0.1, -0.05) is 6.07 Å². The topological polar surface area (TPSA) is 101 Å². The lowest BCUT2D eigenvalue weighted by atomic mass is 10.0. The Hall–Kier alpha value is -1.00. The first-order valence-electron chi connectivity index (χ1n) is 7.88. The Balaban J connectivity index is 2.22. The molecule has 7 nitrogen and oxygen atoms in total. The van der Waals surface area contributed by atoms with E-state index < -0.39 is 20.0 Å². The second kappa shape index (κ2) is 7.09. The van der Waals surface area contributed by atoms with Gasteiger partial charge in [0.2, 0.25) is 20.0 Å². The van der Waals surface area contributed by atoms with E-state index in [9.17, 15) is 16.8 Å². The summed E-state index contributed by atoms with van der Waals surface area (Å²) in [6.45, 7) is 5.94. The number of benzene rings is 1. The maximum atomic E-state index is 12.8. The van der Waals surface area contributed by atoms with E-state index in [1.807, 2.05) is 0 Å². The van der Waals surface area contributed by atoms with Gasteiger partial charge in [-0.25, -0.2) is 22.0 Å². The summed E-state index contributed by atoms with van der Waals surface area (Å²) in [6.07, 6.45) is 1.51. The third-order valence-corrected chi connectivity index (χ3v) is 7.37. The monoisotopic (exact) mass is 375 g/mol. The Morgan fingerprint density at radius 3 is 2.17 bits per heavy atom. The average Bonchev–Trinajstić information content (AvgIpc) is 2.53. The summed E-state index contributed by atoms with van der Waals surface area (Å²) < 4.78 is 49.9. The van der Waals surface area contributed by atoms with Crippen molar-refractivity contribution in [2.24, 2.45) is 5.14 Å². The van der Waals surface area contributed by atoms with E-state index in [2.05, 4.69) is 18.7 Å². The number of rotatable bonds is 5. The van der Waals surface area contributed by atoms with Crippen LogP contribution >= 0.6 is 0 Å². The van der Waals surface area contributed by atoms with Crippen LogP contribution in [0.15, 0.2) is 34.1 Å². The maximum Gasteiger partial charge on any atom is 0.243 e.